The normalized spacial score (nSPS) is 28.0. The largest absolute Gasteiger partial charge is 0.508 e. The average molecular weight is 505 g/mol. The molecule has 0 bridgehead atoms. The number of likely N-dealkylation sites (tertiary alicyclic amines) is 1. The third-order valence-electron chi connectivity index (χ3n) is 8.29. The molecular weight excluding hydrogens is 468 g/mol. The molecule has 7 nitrogen and oxygen atoms in total. The average Bonchev–Trinajstić information content (AvgIpc) is 3.67. The first-order valence-corrected chi connectivity index (χ1v) is 13.3. The van der Waals surface area contributed by atoms with E-state index in [9.17, 15) is 19.8 Å². The number of nitrogens with zero attached hydrogens (tertiary/aromatic N) is 1. The zero-order valence-corrected chi connectivity index (χ0v) is 21.4. The van der Waals surface area contributed by atoms with Gasteiger partial charge in [-0.05, 0) is 92.5 Å². The van der Waals surface area contributed by atoms with Crippen LogP contribution in [0.15, 0.2) is 54.6 Å². The molecule has 196 valence electrons. The van der Waals surface area contributed by atoms with Crippen LogP contribution in [0.2, 0.25) is 0 Å². The van der Waals surface area contributed by atoms with Gasteiger partial charge in [-0.15, -0.1) is 0 Å². The number of phenolic OH excluding ortho intramolecular Hbond substituents is 2. The van der Waals surface area contributed by atoms with E-state index in [1.165, 1.54) is 25.8 Å². The van der Waals surface area contributed by atoms with Crippen molar-refractivity contribution < 1.29 is 24.5 Å². The fraction of sp³-hybridized carbons (Fsp3) is 0.467. The van der Waals surface area contributed by atoms with Crippen LogP contribution < -0.4 is 5.32 Å². The van der Waals surface area contributed by atoms with Crippen LogP contribution in [0.25, 0.3) is 6.08 Å². The first-order valence-electron chi connectivity index (χ1n) is 13.3. The standard InChI is InChI=1S/C30H36N2O5/c1-21(33)37-30-13-12-25(31-28(36)11-10-22-4-2-6-26(34)16-22)18-29(30,24-5-3-7-27(35)17-24)14-15-32(20-30)19-23-8-9-23/h2-7,10-11,16-17,23,25,34-35H,8-9,12-15,18-20H2,1H3,(H,31,36)/b11-10+. The number of ether oxygens (including phenoxy) is 1. The fourth-order valence-corrected chi connectivity index (χ4v) is 6.48. The van der Waals surface area contributed by atoms with E-state index in [2.05, 4.69) is 10.2 Å². The van der Waals surface area contributed by atoms with Crippen LogP contribution in [-0.4, -0.2) is 58.3 Å². The number of fused-ring (bicyclic) bond motifs is 1. The summed E-state index contributed by atoms with van der Waals surface area (Å²) in [6, 6.07) is 13.9. The number of piperidine rings is 1. The van der Waals surface area contributed by atoms with E-state index < -0.39 is 11.0 Å². The molecule has 37 heavy (non-hydrogen) atoms. The smallest absolute Gasteiger partial charge is 0.303 e. The molecule has 1 aliphatic heterocycles. The molecule has 0 spiro atoms. The number of aromatic hydroxyl groups is 2. The van der Waals surface area contributed by atoms with Crippen molar-refractivity contribution in [2.45, 2.75) is 62.5 Å². The lowest BCUT2D eigenvalue weighted by atomic mass is 9.55. The summed E-state index contributed by atoms with van der Waals surface area (Å²) in [7, 11) is 0. The quantitative estimate of drug-likeness (QED) is 0.387. The van der Waals surface area contributed by atoms with E-state index in [0.29, 0.717) is 25.8 Å². The molecule has 3 unspecified atom stereocenters. The molecule has 1 heterocycles. The molecule has 1 saturated heterocycles. The van der Waals surface area contributed by atoms with Crippen LogP contribution in [-0.2, 0) is 19.7 Å². The van der Waals surface area contributed by atoms with E-state index >= 15 is 0 Å². The fourth-order valence-electron chi connectivity index (χ4n) is 6.48. The van der Waals surface area contributed by atoms with E-state index in [1.54, 1.807) is 36.4 Å². The predicted octanol–water partition coefficient (Wildman–Crippen LogP) is 4.14. The molecule has 2 aromatic rings. The molecule has 0 aromatic heterocycles. The van der Waals surface area contributed by atoms with Gasteiger partial charge in [-0.25, -0.2) is 0 Å². The van der Waals surface area contributed by atoms with Gasteiger partial charge in [0.2, 0.25) is 5.91 Å². The van der Waals surface area contributed by atoms with Gasteiger partial charge in [0.15, 0.2) is 0 Å². The number of hydrogen-bond acceptors (Lipinski definition) is 6. The molecule has 3 aliphatic rings. The molecule has 3 fully saturated rings. The second-order valence-corrected chi connectivity index (χ2v) is 11.0. The molecule has 2 aliphatic carbocycles. The summed E-state index contributed by atoms with van der Waals surface area (Å²) in [4.78, 5) is 27.8. The van der Waals surface area contributed by atoms with Crippen LogP contribution >= 0.6 is 0 Å². The maximum atomic E-state index is 12.9. The van der Waals surface area contributed by atoms with E-state index in [4.69, 9.17) is 4.74 Å². The predicted molar refractivity (Wildman–Crippen MR) is 141 cm³/mol. The Balaban J connectivity index is 1.42. The number of nitrogens with one attached hydrogen (secondary N) is 1. The number of carbonyl (C=O) groups excluding carboxylic acids is 2. The molecule has 3 N–H and O–H groups in total. The first kappa shape index (κ1) is 25.3. The number of hydrogen-bond donors (Lipinski definition) is 3. The van der Waals surface area contributed by atoms with E-state index in [1.807, 2.05) is 18.2 Å². The number of benzene rings is 2. The van der Waals surface area contributed by atoms with Gasteiger partial charge >= 0.3 is 5.97 Å². The molecule has 5 rings (SSSR count). The van der Waals surface area contributed by atoms with Gasteiger partial charge in [0.25, 0.3) is 0 Å². The second kappa shape index (κ2) is 10.2. The number of amides is 1. The lowest BCUT2D eigenvalue weighted by Gasteiger charge is -2.59. The third-order valence-corrected chi connectivity index (χ3v) is 8.29. The summed E-state index contributed by atoms with van der Waals surface area (Å²) < 4.78 is 6.27. The van der Waals surface area contributed by atoms with Gasteiger partial charge in [-0.3, -0.25) is 14.5 Å². The molecule has 2 saturated carbocycles. The second-order valence-electron chi connectivity index (χ2n) is 11.0. The molecule has 1 amide bonds. The molecule has 2 aromatic carbocycles. The Labute approximate surface area is 218 Å². The van der Waals surface area contributed by atoms with E-state index in [0.717, 1.165) is 36.6 Å². The zero-order valence-electron chi connectivity index (χ0n) is 21.4. The highest BCUT2D eigenvalue weighted by Crippen LogP contribution is 2.54. The summed E-state index contributed by atoms with van der Waals surface area (Å²) in [5, 5.41) is 23.2. The van der Waals surface area contributed by atoms with Crippen LogP contribution in [0.3, 0.4) is 0 Å². The number of carbonyl (C=O) groups is 2. The van der Waals surface area contributed by atoms with Crippen molar-refractivity contribution in [1.82, 2.24) is 10.2 Å². The Hall–Kier alpha value is -3.32. The lowest BCUT2D eigenvalue weighted by molar-refractivity contribution is -0.187. The summed E-state index contributed by atoms with van der Waals surface area (Å²) in [5.41, 5.74) is 0.446. The van der Waals surface area contributed by atoms with Crippen LogP contribution in [0.4, 0.5) is 0 Å². The summed E-state index contributed by atoms with van der Waals surface area (Å²) in [6.07, 6.45) is 8.42. The molecule has 0 radical (unpaired) electrons. The van der Waals surface area contributed by atoms with Crippen LogP contribution in [0.5, 0.6) is 11.5 Å². The van der Waals surface area contributed by atoms with Crippen molar-refractivity contribution >= 4 is 18.0 Å². The first-order chi connectivity index (χ1) is 17.8. The summed E-state index contributed by atoms with van der Waals surface area (Å²) in [6.45, 7) is 4.05. The van der Waals surface area contributed by atoms with Crippen LogP contribution in [0.1, 0.15) is 56.6 Å². The number of rotatable bonds is 7. The third kappa shape index (κ3) is 5.52. The monoisotopic (exact) mass is 504 g/mol. The minimum atomic E-state index is -0.724. The van der Waals surface area contributed by atoms with E-state index in [-0.39, 0.29) is 29.4 Å². The number of phenols is 2. The van der Waals surface area contributed by atoms with Gasteiger partial charge in [0, 0.05) is 37.5 Å². The van der Waals surface area contributed by atoms with Crippen molar-refractivity contribution in [3.63, 3.8) is 0 Å². The molecule has 7 heteroatoms. The highest BCUT2D eigenvalue weighted by Gasteiger charge is 2.61. The molecular formula is C30H36N2O5. The number of esters is 1. The van der Waals surface area contributed by atoms with Crippen molar-refractivity contribution in [3.05, 3.63) is 65.7 Å². The summed E-state index contributed by atoms with van der Waals surface area (Å²) >= 11 is 0. The highest BCUT2D eigenvalue weighted by molar-refractivity contribution is 5.92. The highest BCUT2D eigenvalue weighted by atomic mass is 16.6. The van der Waals surface area contributed by atoms with Crippen molar-refractivity contribution in [2.75, 3.05) is 19.6 Å². The van der Waals surface area contributed by atoms with Crippen LogP contribution in [0, 0.1) is 5.92 Å². The van der Waals surface area contributed by atoms with Gasteiger partial charge < -0.3 is 20.3 Å². The Morgan fingerprint density at radius 1 is 1.08 bits per heavy atom. The Morgan fingerprint density at radius 3 is 2.54 bits per heavy atom. The van der Waals surface area contributed by atoms with Gasteiger partial charge in [-0.2, -0.15) is 0 Å². The van der Waals surface area contributed by atoms with Crippen molar-refractivity contribution in [3.8, 4) is 11.5 Å². The van der Waals surface area contributed by atoms with Gasteiger partial charge in [0.1, 0.15) is 17.1 Å². The zero-order chi connectivity index (χ0) is 26.0. The molecule has 3 atom stereocenters. The van der Waals surface area contributed by atoms with Crippen molar-refractivity contribution in [1.29, 1.82) is 0 Å². The lowest BCUT2D eigenvalue weighted by Crippen LogP contribution is -2.68. The Bertz CT molecular complexity index is 1190. The maximum absolute atomic E-state index is 12.9. The summed E-state index contributed by atoms with van der Waals surface area (Å²) in [5.74, 6) is 0.568. The van der Waals surface area contributed by atoms with Gasteiger partial charge in [-0.1, -0.05) is 24.3 Å². The van der Waals surface area contributed by atoms with Gasteiger partial charge in [0.05, 0.1) is 0 Å². The van der Waals surface area contributed by atoms with Crippen molar-refractivity contribution in [2.24, 2.45) is 5.92 Å². The Morgan fingerprint density at radius 2 is 1.84 bits per heavy atom. The SMILES string of the molecule is CC(=O)OC12CCC(NC(=O)/C=C/c3cccc(O)c3)CC1(c1cccc(O)c1)CCN(CC1CC1)C2. The maximum Gasteiger partial charge on any atom is 0.303 e. The topological polar surface area (TPSA) is 99.1 Å². The minimum Gasteiger partial charge on any atom is -0.508 e. The Kier molecular flexibility index (Phi) is 6.99. The minimum absolute atomic E-state index is 0.109.